The Morgan fingerprint density at radius 1 is 1.35 bits per heavy atom. The Morgan fingerprint density at radius 3 is 2.88 bits per heavy atom. The Kier molecular flexibility index (Phi) is 3.51. The molecule has 1 heterocycles. The Balaban J connectivity index is 2.32. The summed E-state index contributed by atoms with van der Waals surface area (Å²) in [4.78, 5) is 0. The maximum Gasteiger partial charge on any atom is 0.134 e. The summed E-state index contributed by atoms with van der Waals surface area (Å²) in [6.45, 7) is 3.70. The number of hydrogen-bond acceptors (Lipinski definition) is 2. The summed E-state index contributed by atoms with van der Waals surface area (Å²) in [7, 11) is 0. The van der Waals surface area contributed by atoms with Crippen LogP contribution in [-0.2, 0) is 0 Å². The molecule has 1 aromatic carbocycles. The molecule has 0 aliphatic carbocycles. The fourth-order valence-corrected chi connectivity index (χ4v) is 2.08. The number of aryl methyl sites for hydroxylation is 1. The zero-order chi connectivity index (χ0) is 12.3. The molecule has 2 aromatic rings. The second kappa shape index (κ2) is 5.07. The van der Waals surface area contributed by atoms with E-state index in [1.165, 1.54) is 0 Å². The van der Waals surface area contributed by atoms with Gasteiger partial charge in [-0.05, 0) is 26.3 Å². The Hall–Kier alpha value is -1.72. The largest absolute Gasteiger partial charge is 0.461 e. The van der Waals surface area contributed by atoms with Crippen molar-refractivity contribution in [2.45, 2.75) is 32.8 Å². The van der Waals surface area contributed by atoms with E-state index < -0.39 is 6.10 Å². The van der Waals surface area contributed by atoms with E-state index in [0.717, 1.165) is 22.3 Å². The number of benzene rings is 1. The number of fused-ring (bicyclic) bond motifs is 1. The second-order valence-electron chi connectivity index (χ2n) is 4.05. The number of aliphatic hydroxyl groups excluding tert-OH is 1. The van der Waals surface area contributed by atoms with Crippen LogP contribution in [0.2, 0.25) is 0 Å². The summed E-state index contributed by atoms with van der Waals surface area (Å²) >= 11 is 0. The standard InChI is InChI=1S/C15H16O2/c1-3-4-5-9-13(16)15-11(2)17-14-10-7-6-8-12(14)15/h6-8,10,13,16H,5,9H2,1-2H3. The quantitative estimate of drug-likeness (QED) is 0.814. The zero-order valence-electron chi connectivity index (χ0n) is 10.2. The van der Waals surface area contributed by atoms with Crippen LogP contribution in [0.5, 0.6) is 0 Å². The SMILES string of the molecule is CC#CCCC(O)c1c(C)oc2ccccc12. The van der Waals surface area contributed by atoms with Crippen molar-refractivity contribution < 1.29 is 9.52 Å². The van der Waals surface area contributed by atoms with Crippen LogP contribution in [0.1, 0.15) is 37.2 Å². The fraction of sp³-hybridized carbons (Fsp3) is 0.333. The molecule has 0 spiro atoms. The first-order valence-electron chi connectivity index (χ1n) is 5.79. The van der Waals surface area contributed by atoms with Crippen LogP contribution in [-0.4, -0.2) is 5.11 Å². The van der Waals surface area contributed by atoms with Gasteiger partial charge in [0.15, 0.2) is 0 Å². The average molecular weight is 228 g/mol. The van der Waals surface area contributed by atoms with Gasteiger partial charge in [0.1, 0.15) is 11.3 Å². The lowest BCUT2D eigenvalue weighted by Gasteiger charge is -2.08. The normalized spacial score (nSPS) is 12.2. The van der Waals surface area contributed by atoms with E-state index in [0.29, 0.717) is 12.8 Å². The van der Waals surface area contributed by atoms with Gasteiger partial charge in [-0.1, -0.05) is 18.2 Å². The van der Waals surface area contributed by atoms with Crippen LogP contribution in [0.4, 0.5) is 0 Å². The van der Waals surface area contributed by atoms with Gasteiger partial charge >= 0.3 is 0 Å². The van der Waals surface area contributed by atoms with E-state index in [-0.39, 0.29) is 0 Å². The molecule has 1 atom stereocenters. The highest BCUT2D eigenvalue weighted by Gasteiger charge is 2.17. The molecular weight excluding hydrogens is 212 g/mol. The number of aliphatic hydroxyl groups is 1. The minimum atomic E-state index is -0.500. The van der Waals surface area contributed by atoms with Crippen molar-refractivity contribution in [2.75, 3.05) is 0 Å². The van der Waals surface area contributed by atoms with Crippen LogP contribution in [0, 0.1) is 18.8 Å². The van der Waals surface area contributed by atoms with Crippen molar-refractivity contribution in [1.82, 2.24) is 0 Å². The van der Waals surface area contributed by atoms with Crippen LogP contribution in [0.3, 0.4) is 0 Å². The van der Waals surface area contributed by atoms with E-state index in [4.69, 9.17) is 4.42 Å². The van der Waals surface area contributed by atoms with Gasteiger partial charge in [0.05, 0.1) is 6.10 Å². The first-order chi connectivity index (χ1) is 8.24. The maximum atomic E-state index is 10.2. The predicted octanol–water partition coefficient (Wildman–Crippen LogP) is 3.58. The third-order valence-corrected chi connectivity index (χ3v) is 2.87. The van der Waals surface area contributed by atoms with Gasteiger partial charge in [0, 0.05) is 17.4 Å². The molecule has 0 bridgehead atoms. The highest BCUT2D eigenvalue weighted by Crippen LogP contribution is 2.32. The number of para-hydroxylation sites is 1. The highest BCUT2D eigenvalue weighted by molar-refractivity contribution is 5.82. The summed E-state index contributed by atoms with van der Waals surface area (Å²) in [5, 5.41) is 11.2. The molecule has 0 radical (unpaired) electrons. The summed E-state index contributed by atoms with van der Waals surface area (Å²) in [6.07, 6.45) is 0.849. The molecular formula is C15H16O2. The molecule has 2 rings (SSSR count). The third-order valence-electron chi connectivity index (χ3n) is 2.87. The Morgan fingerprint density at radius 2 is 2.12 bits per heavy atom. The minimum absolute atomic E-state index is 0.500. The van der Waals surface area contributed by atoms with Crippen molar-refractivity contribution in [2.24, 2.45) is 0 Å². The van der Waals surface area contributed by atoms with Gasteiger partial charge in [-0.15, -0.1) is 11.8 Å². The third kappa shape index (κ3) is 2.35. The van der Waals surface area contributed by atoms with Gasteiger partial charge in [-0.2, -0.15) is 0 Å². The molecule has 1 N–H and O–H groups in total. The second-order valence-corrected chi connectivity index (χ2v) is 4.05. The zero-order valence-corrected chi connectivity index (χ0v) is 10.2. The Labute approximate surface area is 101 Å². The molecule has 0 saturated heterocycles. The van der Waals surface area contributed by atoms with E-state index in [1.54, 1.807) is 0 Å². The van der Waals surface area contributed by atoms with Gasteiger partial charge in [-0.3, -0.25) is 0 Å². The molecule has 1 unspecified atom stereocenters. The molecule has 2 heteroatoms. The molecule has 1 aromatic heterocycles. The van der Waals surface area contributed by atoms with Crippen LogP contribution < -0.4 is 0 Å². The monoisotopic (exact) mass is 228 g/mol. The van der Waals surface area contributed by atoms with E-state index in [2.05, 4.69) is 11.8 Å². The van der Waals surface area contributed by atoms with Crippen LogP contribution >= 0.6 is 0 Å². The van der Waals surface area contributed by atoms with Gasteiger partial charge < -0.3 is 9.52 Å². The van der Waals surface area contributed by atoms with E-state index in [1.807, 2.05) is 38.1 Å². The topological polar surface area (TPSA) is 33.4 Å². The van der Waals surface area contributed by atoms with Crippen molar-refractivity contribution in [3.63, 3.8) is 0 Å². The average Bonchev–Trinajstić information content (AvgIpc) is 2.65. The van der Waals surface area contributed by atoms with Crippen LogP contribution in [0.25, 0.3) is 11.0 Å². The molecule has 0 fully saturated rings. The maximum absolute atomic E-state index is 10.2. The van der Waals surface area contributed by atoms with Crippen LogP contribution in [0.15, 0.2) is 28.7 Å². The van der Waals surface area contributed by atoms with E-state index >= 15 is 0 Å². The minimum Gasteiger partial charge on any atom is -0.461 e. The molecule has 0 aliphatic rings. The molecule has 0 saturated carbocycles. The van der Waals surface area contributed by atoms with Gasteiger partial charge in [-0.25, -0.2) is 0 Å². The predicted molar refractivity (Wildman–Crippen MR) is 68.6 cm³/mol. The van der Waals surface area contributed by atoms with Crippen molar-refractivity contribution >= 4 is 11.0 Å². The molecule has 0 aliphatic heterocycles. The number of hydrogen-bond donors (Lipinski definition) is 1. The summed E-state index contributed by atoms with van der Waals surface area (Å²) in [5.74, 6) is 6.60. The summed E-state index contributed by atoms with van der Waals surface area (Å²) in [6, 6.07) is 7.80. The van der Waals surface area contributed by atoms with Crippen molar-refractivity contribution in [3.05, 3.63) is 35.6 Å². The lowest BCUT2D eigenvalue weighted by Crippen LogP contribution is -1.97. The highest BCUT2D eigenvalue weighted by atomic mass is 16.3. The molecule has 2 nitrogen and oxygen atoms in total. The number of furan rings is 1. The molecule has 88 valence electrons. The van der Waals surface area contributed by atoms with E-state index in [9.17, 15) is 5.11 Å². The van der Waals surface area contributed by atoms with Gasteiger partial charge in [0.25, 0.3) is 0 Å². The first kappa shape index (κ1) is 11.8. The number of rotatable bonds is 3. The first-order valence-corrected chi connectivity index (χ1v) is 5.79. The van der Waals surface area contributed by atoms with Crippen molar-refractivity contribution in [3.8, 4) is 11.8 Å². The Bertz CT molecular complexity index is 569. The van der Waals surface area contributed by atoms with Gasteiger partial charge in [0.2, 0.25) is 0 Å². The lowest BCUT2D eigenvalue weighted by atomic mass is 10.0. The lowest BCUT2D eigenvalue weighted by molar-refractivity contribution is 0.168. The van der Waals surface area contributed by atoms with Crippen molar-refractivity contribution in [1.29, 1.82) is 0 Å². The smallest absolute Gasteiger partial charge is 0.134 e. The molecule has 0 amide bonds. The molecule has 17 heavy (non-hydrogen) atoms. The summed E-state index contributed by atoms with van der Waals surface area (Å²) in [5.41, 5.74) is 1.74. The fourth-order valence-electron chi connectivity index (χ4n) is 2.08. The summed E-state index contributed by atoms with van der Waals surface area (Å²) < 4.78 is 5.63.